The van der Waals surface area contributed by atoms with E-state index in [0.29, 0.717) is 19.4 Å². The van der Waals surface area contributed by atoms with Gasteiger partial charge in [0.1, 0.15) is 0 Å². The summed E-state index contributed by atoms with van der Waals surface area (Å²) in [6, 6.07) is 27.7. The molecule has 0 saturated carbocycles. The maximum atomic E-state index is 13.1. The van der Waals surface area contributed by atoms with Crippen molar-refractivity contribution >= 4 is 6.03 Å². The number of nitrogens with one attached hydrogen (secondary N) is 1. The third-order valence-corrected chi connectivity index (χ3v) is 5.90. The first-order valence-corrected chi connectivity index (χ1v) is 10.7. The summed E-state index contributed by atoms with van der Waals surface area (Å²) in [4.78, 5) is 14.8. The van der Waals surface area contributed by atoms with Crippen LogP contribution in [0.1, 0.15) is 16.7 Å². The van der Waals surface area contributed by atoms with Crippen LogP contribution >= 0.6 is 0 Å². The van der Waals surface area contributed by atoms with Gasteiger partial charge in [0.15, 0.2) is 0 Å². The summed E-state index contributed by atoms with van der Waals surface area (Å²) < 4.78 is 0. The van der Waals surface area contributed by atoms with Crippen molar-refractivity contribution in [2.45, 2.75) is 43.7 Å². The topological polar surface area (TPSA) is 72.8 Å². The first kappa shape index (κ1) is 21.1. The fourth-order valence-electron chi connectivity index (χ4n) is 4.25. The Morgan fingerprint density at radius 1 is 0.806 bits per heavy atom. The van der Waals surface area contributed by atoms with Crippen molar-refractivity contribution in [1.82, 2.24) is 10.2 Å². The van der Waals surface area contributed by atoms with Gasteiger partial charge in [-0.25, -0.2) is 4.79 Å². The fourth-order valence-corrected chi connectivity index (χ4v) is 4.25. The van der Waals surface area contributed by atoms with Gasteiger partial charge in [0.05, 0.1) is 24.3 Å². The average Bonchev–Trinajstić information content (AvgIpc) is 2.80. The Balaban J connectivity index is 1.57. The molecule has 31 heavy (non-hydrogen) atoms. The van der Waals surface area contributed by atoms with E-state index in [0.717, 1.165) is 16.7 Å². The Labute approximate surface area is 183 Å². The molecule has 3 aromatic rings. The number of benzene rings is 3. The smallest absolute Gasteiger partial charge is 0.318 e. The number of carbonyl (C=O) groups is 1. The summed E-state index contributed by atoms with van der Waals surface area (Å²) in [5.74, 6) is 0. The van der Waals surface area contributed by atoms with Gasteiger partial charge >= 0.3 is 6.03 Å². The molecule has 1 fully saturated rings. The van der Waals surface area contributed by atoms with Crippen molar-refractivity contribution in [3.8, 4) is 0 Å². The molecule has 1 saturated heterocycles. The van der Waals surface area contributed by atoms with Gasteiger partial charge in [-0.15, -0.1) is 0 Å². The Hall–Kier alpha value is -3.15. The van der Waals surface area contributed by atoms with Crippen LogP contribution in [-0.4, -0.2) is 45.4 Å². The summed E-state index contributed by atoms with van der Waals surface area (Å²) in [5.41, 5.74) is 2.99. The third-order valence-electron chi connectivity index (χ3n) is 5.90. The zero-order chi connectivity index (χ0) is 21.6. The highest BCUT2D eigenvalue weighted by Gasteiger charge is 2.43. The van der Waals surface area contributed by atoms with Crippen LogP contribution in [0.5, 0.6) is 0 Å². The molecule has 4 rings (SSSR count). The maximum Gasteiger partial charge on any atom is 0.318 e. The number of carbonyl (C=O) groups excluding carboxylic acids is 1. The van der Waals surface area contributed by atoms with E-state index in [1.807, 2.05) is 91.0 Å². The molecular formula is C26H28N2O3. The molecule has 0 spiro atoms. The van der Waals surface area contributed by atoms with Gasteiger partial charge in [0.2, 0.25) is 0 Å². The molecule has 2 amide bonds. The van der Waals surface area contributed by atoms with E-state index >= 15 is 0 Å². The molecule has 3 N–H and O–H groups in total. The maximum absolute atomic E-state index is 13.1. The van der Waals surface area contributed by atoms with Gasteiger partial charge in [0, 0.05) is 13.0 Å². The van der Waals surface area contributed by atoms with Gasteiger partial charge < -0.3 is 20.4 Å². The first-order valence-electron chi connectivity index (χ1n) is 10.7. The first-order chi connectivity index (χ1) is 15.1. The monoisotopic (exact) mass is 416 g/mol. The van der Waals surface area contributed by atoms with E-state index < -0.39 is 24.3 Å². The van der Waals surface area contributed by atoms with Crippen LogP contribution in [0.15, 0.2) is 91.0 Å². The quantitative estimate of drug-likeness (QED) is 0.554. The molecule has 5 heteroatoms. The number of hydrogen-bond donors (Lipinski definition) is 3. The molecule has 0 bridgehead atoms. The van der Waals surface area contributed by atoms with Crippen molar-refractivity contribution in [3.63, 3.8) is 0 Å². The van der Waals surface area contributed by atoms with E-state index in [4.69, 9.17) is 0 Å². The summed E-state index contributed by atoms with van der Waals surface area (Å²) in [6.07, 6.45) is -0.935. The largest absolute Gasteiger partial charge is 0.391 e. The molecule has 1 heterocycles. The Morgan fingerprint density at radius 2 is 1.32 bits per heavy atom. The third kappa shape index (κ3) is 5.13. The lowest BCUT2D eigenvalue weighted by atomic mass is 9.88. The number of nitrogens with zero attached hydrogens (tertiary/aromatic N) is 1. The number of aliphatic hydroxyl groups excluding tert-OH is 2. The van der Waals surface area contributed by atoms with Gasteiger partial charge in [0.25, 0.3) is 0 Å². The van der Waals surface area contributed by atoms with Crippen molar-refractivity contribution in [2.24, 2.45) is 0 Å². The van der Waals surface area contributed by atoms with E-state index in [1.165, 1.54) is 0 Å². The molecule has 1 aliphatic heterocycles. The Bertz CT molecular complexity index is 966. The summed E-state index contributed by atoms with van der Waals surface area (Å²) >= 11 is 0. The molecule has 1 unspecified atom stereocenters. The lowest BCUT2D eigenvalue weighted by molar-refractivity contribution is -0.0286. The van der Waals surface area contributed by atoms with Crippen LogP contribution < -0.4 is 5.32 Å². The molecule has 1 aliphatic rings. The molecular weight excluding hydrogens is 388 g/mol. The second kappa shape index (κ2) is 9.77. The van der Waals surface area contributed by atoms with Crippen LogP contribution in [0.3, 0.4) is 0 Å². The lowest BCUT2D eigenvalue weighted by Gasteiger charge is -2.45. The predicted octanol–water partition coefficient (Wildman–Crippen LogP) is 3.16. The SMILES string of the molecule is O=C1N[C@H](C(O)Cc2ccccc2)[C@@H](O)[C@@H](Cc2ccccc2)N1Cc1ccccc1. The second-order valence-electron chi connectivity index (χ2n) is 8.09. The van der Waals surface area contributed by atoms with E-state index in [-0.39, 0.29) is 6.03 Å². The van der Waals surface area contributed by atoms with Crippen LogP contribution in [0.25, 0.3) is 0 Å². The van der Waals surface area contributed by atoms with Crippen molar-refractivity contribution in [3.05, 3.63) is 108 Å². The molecule has 0 aliphatic carbocycles. The van der Waals surface area contributed by atoms with E-state index in [9.17, 15) is 15.0 Å². The van der Waals surface area contributed by atoms with Gasteiger partial charge in [-0.3, -0.25) is 0 Å². The van der Waals surface area contributed by atoms with Crippen LogP contribution in [-0.2, 0) is 19.4 Å². The number of rotatable bonds is 7. The standard InChI is InChI=1S/C26H28N2O3/c29-23(17-20-12-6-2-7-13-20)24-25(30)22(16-19-10-4-1-5-11-19)28(26(31)27-24)18-21-14-8-3-9-15-21/h1-15,22-25,29-30H,16-18H2,(H,27,31)/t22-,23?,24-,25+/m1/s1. The highest BCUT2D eigenvalue weighted by molar-refractivity contribution is 5.76. The Kier molecular flexibility index (Phi) is 6.65. The molecule has 0 radical (unpaired) electrons. The minimum Gasteiger partial charge on any atom is -0.391 e. The number of aliphatic hydroxyl groups is 2. The van der Waals surface area contributed by atoms with E-state index in [2.05, 4.69) is 5.32 Å². The van der Waals surface area contributed by atoms with Crippen LogP contribution in [0.2, 0.25) is 0 Å². The fraction of sp³-hybridized carbons (Fsp3) is 0.269. The molecule has 0 aromatic heterocycles. The minimum absolute atomic E-state index is 0.271. The van der Waals surface area contributed by atoms with Gasteiger partial charge in [-0.2, -0.15) is 0 Å². The van der Waals surface area contributed by atoms with Crippen LogP contribution in [0, 0.1) is 0 Å². The molecule has 3 aromatic carbocycles. The van der Waals surface area contributed by atoms with Gasteiger partial charge in [-0.05, 0) is 23.1 Å². The summed E-state index contributed by atoms with van der Waals surface area (Å²) in [6.45, 7) is 0.392. The number of amides is 2. The van der Waals surface area contributed by atoms with Gasteiger partial charge in [-0.1, -0.05) is 91.0 Å². The normalized spacial score (nSPS) is 22.1. The van der Waals surface area contributed by atoms with Crippen molar-refractivity contribution < 1.29 is 15.0 Å². The van der Waals surface area contributed by atoms with Crippen molar-refractivity contribution in [2.75, 3.05) is 0 Å². The zero-order valence-corrected chi connectivity index (χ0v) is 17.3. The average molecular weight is 417 g/mol. The molecule has 160 valence electrons. The highest BCUT2D eigenvalue weighted by atomic mass is 16.3. The highest BCUT2D eigenvalue weighted by Crippen LogP contribution is 2.24. The molecule has 4 atom stereocenters. The zero-order valence-electron chi connectivity index (χ0n) is 17.3. The predicted molar refractivity (Wildman–Crippen MR) is 120 cm³/mol. The number of hydrogen-bond acceptors (Lipinski definition) is 3. The van der Waals surface area contributed by atoms with E-state index in [1.54, 1.807) is 4.90 Å². The summed E-state index contributed by atoms with van der Waals surface area (Å²) in [5, 5.41) is 25.0. The summed E-state index contributed by atoms with van der Waals surface area (Å²) in [7, 11) is 0. The molecule has 5 nitrogen and oxygen atoms in total. The Morgan fingerprint density at radius 3 is 1.90 bits per heavy atom. The number of urea groups is 1. The van der Waals surface area contributed by atoms with Crippen molar-refractivity contribution in [1.29, 1.82) is 0 Å². The lowest BCUT2D eigenvalue weighted by Crippen LogP contribution is -2.68. The second-order valence-corrected chi connectivity index (χ2v) is 8.09. The minimum atomic E-state index is -0.916. The van der Waals surface area contributed by atoms with Crippen LogP contribution in [0.4, 0.5) is 4.79 Å².